The molecule has 4 nitrogen and oxygen atoms in total. The quantitative estimate of drug-likeness (QED) is 0.826. The van der Waals surface area contributed by atoms with E-state index in [9.17, 15) is 0 Å². The van der Waals surface area contributed by atoms with Crippen molar-refractivity contribution in [1.29, 1.82) is 0 Å². The highest BCUT2D eigenvalue weighted by Gasteiger charge is 2.25. The summed E-state index contributed by atoms with van der Waals surface area (Å²) in [6.07, 6.45) is 5.39. The molecule has 2 rings (SSSR count). The second kappa shape index (κ2) is 7.14. The number of hydrogen-bond donors (Lipinski definition) is 1. The van der Waals surface area contributed by atoms with Gasteiger partial charge in [0.05, 0.1) is 29.2 Å². The van der Waals surface area contributed by atoms with Crippen LogP contribution in [-0.4, -0.2) is 16.3 Å². The number of furan rings is 1. The van der Waals surface area contributed by atoms with E-state index in [4.69, 9.17) is 16.0 Å². The molecule has 0 saturated heterocycles. The number of aromatic nitrogens is 2. The van der Waals surface area contributed by atoms with E-state index in [1.165, 1.54) is 0 Å². The third kappa shape index (κ3) is 3.33. The molecule has 2 aromatic rings. The first-order valence-electron chi connectivity index (χ1n) is 7.62. The van der Waals surface area contributed by atoms with E-state index in [0.29, 0.717) is 5.02 Å². The van der Waals surface area contributed by atoms with Crippen LogP contribution in [0.4, 0.5) is 0 Å². The van der Waals surface area contributed by atoms with Gasteiger partial charge in [0.1, 0.15) is 5.76 Å². The molecular weight excluding hydrogens is 286 g/mol. The molecule has 0 aliphatic carbocycles. The molecule has 0 spiro atoms. The van der Waals surface area contributed by atoms with E-state index in [-0.39, 0.29) is 12.1 Å². The molecular formula is C16H24ClN3O. The summed E-state index contributed by atoms with van der Waals surface area (Å²) in [4.78, 5) is 0. The highest BCUT2D eigenvalue weighted by Crippen LogP contribution is 2.32. The van der Waals surface area contributed by atoms with E-state index in [1.54, 1.807) is 12.5 Å². The van der Waals surface area contributed by atoms with Crippen LogP contribution in [-0.2, 0) is 6.42 Å². The van der Waals surface area contributed by atoms with Gasteiger partial charge in [-0.15, -0.1) is 0 Å². The Balaban J connectivity index is 2.48. The minimum atomic E-state index is 0.0102. The molecule has 2 aromatic heterocycles. The minimum absolute atomic E-state index is 0.0102. The fraction of sp³-hybridized carbons (Fsp3) is 0.562. The molecule has 5 heteroatoms. The number of hydrogen-bond acceptors (Lipinski definition) is 3. The summed E-state index contributed by atoms with van der Waals surface area (Å²) in [5, 5.41) is 8.70. The molecule has 2 heterocycles. The van der Waals surface area contributed by atoms with Crippen molar-refractivity contribution in [2.45, 2.75) is 52.6 Å². The molecule has 1 unspecified atom stereocenters. The number of aryl methyl sites for hydroxylation is 1. The largest absolute Gasteiger partial charge is 0.469 e. The van der Waals surface area contributed by atoms with Crippen LogP contribution >= 0.6 is 11.6 Å². The van der Waals surface area contributed by atoms with Crippen LogP contribution in [0.3, 0.4) is 0 Å². The van der Waals surface area contributed by atoms with Crippen molar-refractivity contribution in [1.82, 2.24) is 15.1 Å². The predicted octanol–water partition coefficient (Wildman–Crippen LogP) is 4.36. The Morgan fingerprint density at radius 2 is 2.14 bits per heavy atom. The predicted molar refractivity (Wildman–Crippen MR) is 85.8 cm³/mol. The van der Waals surface area contributed by atoms with E-state index < -0.39 is 0 Å². The van der Waals surface area contributed by atoms with Crippen LogP contribution < -0.4 is 5.32 Å². The lowest BCUT2D eigenvalue weighted by Crippen LogP contribution is -2.27. The van der Waals surface area contributed by atoms with Crippen molar-refractivity contribution in [3.63, 3.8) is 0 Å². The summed E-state index contributed by atoms with van der Waals surface area (Å²) in [6, 6.07) is 2.30. The van der Waals surface area contributed by atoms with Crippen molar-refractivity contribution in [2.24, 2.45) is 0 Å². The normalized spacial score (nSPS) is 13.0. The maximum atomic E-state index is 6.42. The van der Waals surface area contributed by atoms with Gasteiger partial charge >= 0.3 is 0 Å². The second-order valence-electron chi connectivity index (χ2n) is 5.46. The Hall–Kier alpha value is -1.26. The van der Waals surface area contributed by atoms with Gasteiger partial charge in [-0.2, -0.15) is 5.10 Å². The first-order chi connectivity index (χ1) is 10.1. The average Bonchev–Trinajstić information content (AvgIpc) is 3.07. The summed E-state index contributed by atoms with van der Waals surface area (Å²) >= 11 is 6.42. The van der Waals surface area contributed by atoms with Gasteiger partial charge in [0.15, 0.2) is 0 Å². The zero-order valence-electron chi connectivity index (χ0n) is 13.2. The fourth-order valence-corrected chi connectivity index (χ4v) is 2.81. The summed E-state index contributed by atoms with van der Waals surface area (Å²) in [5.41, 5.74) is 2.16. The van der Waals surface area contributed by atoms with Crippen molar-refractivity contribution < 1.29 is 4.42 Å². The zero-order valence-corrected chi connectivity index (χ0v) is 13.9. The monoisotopic (exact) mass is 309 g/mol. The standard InChI is InChI=1S/C16H24ClN3O/c1-5-8-18-15(12-7-9-21-14(12)6-2)16-13(17)10-19-20(16)11(3)4/h7,9-11,15,18H,5-6,8H2,1-4H3. The van der Waals surface area contributed by atoms with E-state index in [2.05, 4.69) is 38.1 Å². The van der Waals surface area contributed by atoms with E-state index >= 15 is 0 Å². The van der Waals surface area contributed by atoms with Gasteiger partial charge in [0.25, 0.3) is 0 Å². The molecule has 1 atom stereocenters. The van der Waals surface area contributed by atoms with Crippen LogP contribution in [0.5, 0.6) is 0 Å². The smallest absolute Gasteiger partial charge is 0.108 e. The fourth-order valence-electron chi connectivity index (χ4n) is 2.57. The van der Waals surface area contributed by atoms with Gasteiger partial charge in [-0.3, -0.25) is 4.68 Å². The number of rotatable bonds is 7. The van der Waals surface area contributed by atoms with Gasteiger partial charge in [-0.25, -0.2) is 0 Å². The summed E-state index contributed by atoms with van der Waals surface area (Å²) in [5.74, 6) is 0.996. The summed E-state index contributed by atoms with van der Waals surface area (Å²) < 4.78 is 7.59. The molecule has 0 aliphatic heterocycles. The Kier molecular flexibility index (Phi) is 5.48. The Labute approximate surface area is 131 Å². The highest BCUT2D eigenvalue weighted by atomic mass is 35.5. The molecule has 0 amide bonds. The lowest BCUT2D eigenvalue weighted by molar-refractivity contribution is 0.460. The molecule has 0 bridgehead atoms. The highest BCUT2D eigenvalue weighted by molar-refractivity contribution is 6.31. The second-order valence-corrected chi connectivity index (χ2v) is 5.86. The molecule has 1 N–H and O–H groups in total. The Morgan fingerprint density at radius 3 is 2.76 bits per heavy atom. The van der Waals surface area contributed by atoms with Crippen molar-refractivity contribution in [3.8, 4) is 0 Å². The first kappa shape index (κ1) is 16.1. The van der Waals surface area contributed by atoms with Crippen LogP contribution in [0.15, 0.2) is 22.9 Å². The van der Waals surface area contributed by atoms with Gasteiger partial charge in [0, 0.05) is 18.0 Å². The SMILES string of the molecule is CCCNC(c1ccoc1CC)c1c(Cl)cnn1C(C)C. The van der Waals surface area contributed by atoms with Crippen LogP contribution in [0.25, 0.3) is 0 Å². The Bertz CT molecular complexity index is 574. The first-order valence-corrected chi connectivity index (χ1v) is 8.00. The lowest BCUT2D eigenvalue weighted by atomic mass is 10.0. The summed E-state index contributed by atoms with van der Waals surface area (Å²) in [7, 11) is 0. The molecule has 0 fully saturated rings. The topological polar surface area (TPSA) is 43.0 Å². The van der Waals surface area contributed by atoms with Crippen LogP contribution in [0.2, 0.25) is 5.02 Å². The number of nitrogens with zero attached hydrogens (tertiary/aromatic N) is 2. The average molecular weight is 310 g/mol. The molecule has 0 radical (unpaired) electrons. The van der Waals surface area contributed by atoms with Gasteiger partial charge < -0.3 is 9.73 Å². The maximum absolute atomic E-state index is 6.42. The molecule has 116 valence electrons. The summed E-state index contributed by atoms with van der Waals surface area (Å²) in [6.45, 7) is 9.39. The molecule has 0 saturated carbocycles. The molecule has 0 aromatic carbocycles. The number of nitrogens with one attached hydrogen (secondary N) is 1. The van der Waals surface area contributed by atoms with Gasteiger partial charge in [-0.05, 0) is 32.9 Å². The van der Waals surface area contributed by atoms with Gasteiger partial charge in [-0.1, -0.05) is 25.4 Å². The van der Waals surface area contributed by atoms with Crippen molar-refractivity contribution >= 4 is 11.6 Å². The van der Waals surface area contributed by atoms with Gasteiger partial charge in [0.2, 0.25) is 0 Å². The van der Waals surface area contributed by atoms with Crippen LogP contribution in [0.1, 0.15) is 63.2 Å². The van der Waals surface area contributed by atoms with Crippen LogP contribution in [0, 0.1) is 0 Å². The molecule has 0 aliphatic rings. The van der Waals surface area contributed by atoms with E-state index in [1.807, 2.05) is 10.7 Å². The van der Waals surface area contributed by atoms with Crippen molar-refractivity contribution in [3.05, 3.63) is 40.6 Å². The van der Waals surface area contributed by atoms with Crippen molar-refractivity contribution in [2.75, 3.05) is 6.54 Å². The lowest BCUT2D eigenvalue weighted by Gasteiger charge is -2.22. The maximum Gasteiger partial charge on any atom is 0.108 e. The zero-order chi connectivity index (χ0) is 15.4. The third-order valence-electron chi connectivity index (χ3n) is 3.56. The number of halogens is 1. The third-order valence-corrected chi connectivity index (χ3v) is 3.85. The molecule has 21 heavy (non-hydrogen) atoms. The van der Waals surface area contributed by atoms with E-state index in [0.717, 1.165) is 36.4 Å². The minimum Gasteiger partial charge on any atom is -0.469 e. The Morgan fingerprint density at radius 1 is 1.38 bits per heavy atom.